The second kappa shape index (κ2) is 10.3. The van der Waals surface area contributed by atoms with Crippen molar-refractivity contribution in [3.05, 3.63) is 65.5 Å². The van der Waals surface area contributed by atoms with E-state index in [1.54, 1.807) is 13.3 Å². The summed E-state index contributed by atoms with van der Waals surface area (Å²) in [6.45, 7) is 3.61. The second-order valence-electron chi connectivity index (χ2n) is 8.08. The van der Waals surface area contributed by atoms with Crippen molar-refractivity contribution in [3.8, 4) is 22.8 Å². The number of hydrogen-bond acceptors (Lipinski definition) is 5. The molecule has 33 heavy (non-hydrogen) atoms. The smallest absolute Gasteiger partial charge is 0.290 e. The highest BCUT2D eigenvalue weighted by atomic mass is 16.5. The summed E-state index contributed by atoms with van der Waals surface area (Å²) >= 11 is 0. The van der Waals surface area contributed by atoms with Crippen LogP contribution in [0.5, 0.6) is 5.75 Å². The highest BCUT2D eigenvalue weighted by Crippen LogP contribution is 2.30. The molecule has 0 unspecified atom stereocenters. The van der Waals surface area contributed by atoms with Gasteiger partial charge in [0.25, 0.3) is 12.4 Å². The van der Waals surface area contributed by atoms with Crippen LogP contribution in [0, 0.1) is 0 Å². The Morgan fingerprint density at radius 2 is 1.97 bits per heavy atom. The second-order valence-corrected chi connectivity index (χ2v) is 8.08. The highest BCUT2D eigenvalue weighted by Gasteiger charge is 2.19. The molecular formula is C25H28N4O4. The van der Waals surface area contributed by atoms with Gasteiger partial charge < -0.3 is 15.2 Å². The third kappa shape index (κ3) is 4.90. The number of ether oxygens (including phenoxy) is 1. The summed E-state index contributed by atoms with van der Waals surface area (Å²) in [6, 6.07) is 12.3. The van der Waals surface area contributed by atoms with E-state index in [1.807, 2.05) is 22.9 Å². The maximum atomic E-state index is 12.3. The minimum Gasteiger partial charge on any atom is -0.496 e. The first kappa shape index (κ1) is 22.5. The first-order valence-electron chi connectivity index (χ1n) is 11.1. The molecule has 1 fully saturated rings. The molecule has 1 aromatic heterocycles. The number of amides is 1. The van der Waals surface area contributed by atoms with Crippen molar-refractivity contribution in [2.45, 2.75) is 25.8 Å². The van der Waals surface area contributed by atoms with Crippen molar-refractivity contribution in [3.63, 3.8) is 0 Å². The SMILES string of the molecule is COc1ccc(-c2nccn2-c2ccc3c(c2)C(=O)NCC3)cc1CN1CCCC1.O=CO. The topological polar surface area (TPSA) is 96.7 Å². The van der Waals surface area contributed by atoms with E-state index in [0.717, 1.165) is 60.0 Å². The number of fused-ring (bicyclic) bond motifs is 1. The summed E-state index contributed by atoms with van der Waals surface area (Å²) in [5.41, 5.74) is 5.01. The van der Waals surface area contributed by atoms with Gasteiger partial charge in [0.05, 0.1) is 7.11 Å². The van der Waals surface area contributed by atoms with Crippen LogP contribution >= 0.6 is 0 Å². The standard InChI is InChI=1S/C24H26N4O2.CH2O2/c1-30-22-7-5-18(14-19(22)16-27-11-2-3-12-27)23-25-10-13-28(23)20-6-4-17-8-9-26-24(29)21(17)15-20;2-1-3/h4-7,10,13-15H,2-3,8-9,11-12,16H2,1H3,(H,26,29);1H,(H,2,3). The lowest BCUT2D eigenvalue weighted by Gasteiger charge is -2.19. The quantitative estimate of drug-likeness (QED) is 0.582. The number of rotatable bonds is 5. The van der Waals surface area contributed by atoms with E-state index in [9.17, 15) is 4.79 Å². The molecule has 2 N–H and O–H groups in total. The Hall–Kier alpha value is -3.65. The fourth-order valence-electron chi connectivity index (χ4n) is 4.50. The van der Waals surface area contributed by atoms with Gasteiger partial charge in [-0.3, -0.25) is 19.1 Å². The van der Waals surface area contributed by atoms with Crippen LogP contribution < -0.4 is 10.1 Å². The predicted molar refractivity (Wildman–Crippen MR) is 125 cm³/mol. The number of imidazole rings is 1. The molecule has 3 aromatic rings. The maximum Gasteiger partial charge on any atom is 0.290 e. The summed E-state index contributed by atoms with van der Waals surface area (Å²) in [5, 5.41) is 9.82. The summed E-state index contributed by atoms with van der Waals surface area (Å²) in [5.74, 6) is 1.77. The maximum absolute atomic E-state index is 12.3. The third-order valence-corrected chi connectivity index (χ3v) is 6.07. The van der Waals surface area contributed by atoms with Crippen LogP contribution in [0.4, 0.5) is 0 Å². The van der Waals surface area contributed by atoms with Crippen molar-refractivity contribution in [1.82, 2.24) is 19.8 Å². The van der Waals surface area contributed by atoms with E-state index in [2.05, 4.69) is 39.5 Å². The zero-order valence-electron chi connectivity index (χ0n) is 18.7. The van der Waals surface area contributed by atoms with Crippen molar-refractivity contribution in [2.75, 3.05) is 26.7 Å². The minimum absolute atomic E-state index is 0.00267. The van der Waals surface area contributed by atoms with E-state index in [-0.39, 0.29) is 12.4 Å². The number of hydrogen-bond donors (Lipinski definition) is 2. The molecule has 1 amide bonds. The van der Waals surface area contributed by atoms with Crippen molar-refractivity contribution < 1.29 is 19.4 Å². The van der Waals surface area contributed by atoms with Gasteiger partial charge in [-0.1, -0.05) is 6.07 Å². The normalized spacial score (nSPS) is 15.2. The van der Waals surface area contributed by atoms with Crippen LogP contribution in [0.2, 0.25) is 0 Å². The van der Waals surface area contributed by atoms with Gasteiger partial charge >= 0.3 is 0 Å². The molecule has 0 spiro atoms. The van der Waals surface area contributed by atoms with Crippen molar-refractivity contribution in [1.29, 1.82) is 0 Å². The van der Waals surface area contributed by atoms with E-state index >= 15 is 0 Å². The molecule has 0 aliphatic carbocycles. The Kier molecular flexibility index (Phi) is 7.04. The van der Waals surface area contributed by atoms with Crippen LogP contribution in [0.25, 0.3) is 17.1 Å². The van der Waals surface area contributed by atoms with Crippen LogP contribution in [0.3, 0.4) is 0 Å². The molecule has 5 rings (SSSR count). The summed E-state index contributed by atoms with van der Waals surface area (Å²) < 4.78 is 7.66. The van der Waals surface area contributed by atoms with Crippen LogP contribution in [0.15, 0.2) is 48.8 Å². The fraction of sp³-hybridized carbons (Fsp3) is 0.320. The molecule has 2 aromatic carbocycles. The molecule has 0 atom stereocenters. The van der Waals surface area contributed by atoms with Crippen molar-refractivity contribution in [2.24, 2.45) is 0 Å². The number of nitrogens with one attached hydrogen (secondary N) is 1. The number of likely N-dealkylation sites (tertiary alicyclic amines) is 1. The monoisotopic (exact) mass is 448 g/mol. The molecule has 8 nitrogen and oxygen atoms in total. The van der Waals surface area contributed by atoms with E-state index in [4.69, 9.17) is 14.6 Å². The number of carbonyl (C=O) groups excluding carboxylic acids is 1. The van der Waals surface area contributed by atoms with E-state index < -0.39 is 0 Å². The van der Waals surface area contributed by atoms with Gasteiger partial charge in [-0.05, 0) is 68.2 Å². The molecule has 0 bridgehead atoms. The van der Waals surface area contributed by atoms with E-state index in [1.165, 1.54) is 18.4 Å². The first-order valence-corrected chi connectivity index (χ1v) is 11.1. The summed E-state index contributed by atoms with van der Waals surface area (Å²) in [7, 11) is 1.72. The molecule has 2 aliphatic rings. The van der Waals surface area contributed by atoms with Gasteiger partial charge in [-0.2, -0.15) is 0 Å². The number of methoxy groups -OCH3 is 1. The molecule has 0 saturated carbocycles. The Labute approximate surface area is 192 Å². The van der Waals surface area contributed by atoms with Gasteiger partial charge in [-0.15, -0.1) is 0 Å². The lowest BCUT2D eigenvalue weighted by molar-refractivity contribution is -0.122. The zero-order valence-corrected chi connectivity index (χ0v) is 18.7. The lowest BCUT2D eigenvalue weighted by Crippen LogP contribution is -2.31. The Morgan fingerprint density at radius 3 is 2.73 bits per heavy atom. The number of carbonyl (C=O) groups is 2. The van der Waals surface area contributed by atoms with Crippen LogP contribution in [0.1, 0.15) is 34.3 Å². The molecule has 1 saturated heterocycles. The van der Waals surface area contributed by atoms with Crippen LogP contribution in [-0.4, -0.2) is 58.7 Å². The molecule has 172 valence electrons. The summed E-state index contributed by atoms with van der Waals surface area (Å²) in [6.07, 6.45) is 7.15. The number of benzene rings is 2. The largest absolute Gasteiger partial charge is 0.496 e. The van der Waals surface area contributed by atoms with Crippen molar-refractivity contribution >= 4 is 12.4 Å². The number of nitrogens with zero attached hydrogens (tertiary/aromatic N) is 3. The molecule has 3 heterocycles. The molecular weight excluding hydrogens is 420 g/mol. The Morgan fingerprint density at radius 1 is 1.18 bits per heavy atom. The third-order valence-electron chi connectivity index (χ3n) is 6.07. The molecule has 2 aliphatic heterocycles. The van der Waals surface area contributed by atoms with E-state index in [0.29, 0.717) is 6.54 Å². The minimum atomic E-state index is -0.250. The van der Waals surface area contributed by atoms with Gasteiger partial charge in [0.2, 0.25) is 0 Å². The predicted octanol–water partition coefficient (Wildman–Crippen LogP) is 3.13. The molecule has 8 heteroatoms. The first-order chi connectivity index (χ1) is 16.1. The average Bonchev–Trinajstić information content (AvgIpc) is 3.52. The number of aromatic nitrogens is 2. The van der Waals surface area contributed by atoms with Gasteiger partial charge in [0.1, 0.15) is 11.6 Å². The van der Waals surface area contributed by atoms with Gasteiger partial charge in [-0.25, -0.2) is 4.98 Å². The Balaban J connectivity index is 0.000000821. The zero-order chi connectivity index (χ0) is 23.2. The Bertz CT molecular complexity index is 1140. The summed E-state index contributed by atoms with van der Waals surface area (Å²) in [4.78, 5) is 27.7. The fourth-order valence-corrected chi connectivity index (χ4v) is 4.50. The number of carboxylic acid groups (broad SMARTS) is 1. The van der Waals surface area contributed by atoms with Crippen LogP contribution in [-0.2, 0) is 17.8 Å². The lowest BCUT2D eigenvalue weighted by atomic mass is 9.99. The molecule has 0 radical (unpaired) electrons. The van der Waals surface area contributed by atoms with Gasteiger partial charge in [0, 0.05) is 47.9 Å². The van der Waals surface area contributed by atoms with Gasteiger partial charge in [0.15, 0.2) is 0 Å². The average molecular weight is 449 g/mol. The highest BCUT2D eigenvalue weighted by molar-refractivity contribution is 5.97.